The van der Waals surface area contributed by atoms with Gasteiger partial charge in [0.1, 0.15) is 16.0 Å². The van der Waals surface area contributed by atoms with Crippen molar-refractivity contribution < 1.29 is 5.11 Å². The molecule has 1 heterocycles. The number of rotatable bonds is 2. The summed E-state index contributed by atoms with van der Waals surface area (Å²) in [7, 11) is 0. The van der Waals surface area contributed by atoms with Gasteiger partial charge in [-0.3, -0.25) is 0 Å². The van der Waals surface area contributed by atoms with Crippen LogP contribution in [0.2, 0.25) is 0 Å². The molecule has 0 unspecified atom stereocenters. The largest absolute Gasteiger partial charge is 0.383 e. The van der Waals surface area contributed by atoms with Gasteiger partial charge < -0.3 is 9.67 Å². The number of nitrogens with zero attached hydrogens (tertiary/aromatic N) is 2. The number of hydrogen-bond donors (Lipinski definition) is 1. The average molecular weight is 245 g/mol. The van der Waals surface area contributed by atoms with Gasteiger partial charge in [-0.25, -0.2) is 4.98 Å². The summed E-state index contributed by atoms with van der Waals surface area (Å²) in [6.07, 6.45) is 4.35. The van der Waals surface area contributed by atoms with E-state index in [1.807, 2.05) is 6.20 Å². The van der Waals surface area contributed by atoms with E-state index in [1.54, 1.807) is 13.8 Å². The van der Waals surface area contributed by atoms with Crippen molar-refractivity contribution in [2.24, 2.45) is 0 Å². The van der Waals surface area contributed by atoms with Crippen molar-refractivity contribution in [3.8, 4) is 0 Å². The predicted octanol–water partition coefficient (Wildman–Crippen LogP) is 2.21. The van der Waals surface area contributed by atoms with Crippen LogP contribution >= 0.6 is 15.9 Å². The summed E-state index contributed by atoms with van der Waals surface area (Å²) in [4.78, 5) is 4.27. The van der Waals surface area contributed by atoms with E-state index in [0.29, 0.717) is 6.04 Å². The van der Waals surface area contributed by atoms with Gasteiger partial charge in [0.2, 0.25) is 0 Å². The van der Waals surface area contributed by atoms with Crippen molar-refractivity contribution >= 4 is 15.9 Å². The first-order valence-corrected chi connectivity index (χ1v) is 5.25. The molecule has 0 radical (unpaired) electrons. The standard InChI is InChI=1S/C9H13BrN2O/c1-9(2,13)8-11-7(10)5-12(8)6-3-4-6/h5-6,13H,3-4H2,1-2H3. The summed E-state index contributed by atoms with van der Waals surface area (Å²) in [6.45, 7) is 3.53. The molecular formula is C9H13BrN2O. The minimum absolute atomic E-state index is 0.556. The van der Waals surface area contributed by atoms with E-state index in [-0.39, 0.29) is 0 Å². The van der Waals surface area contributed by atoms with Crippen LogP contribution in [0.3, 0.4) is 0 Å². The lowest BCUT2D eigenvalue weighted by Crippen LogP contribution is -2.21. The zero-order valence-electron chi connectivity index (χ0n) is 7.79. The Labute approximate surface area is 85.9 Å². The lowest BCUT2D eigenvalue weighted by atomic mass is 10.1. The second kappa shape index (κ2) is 2.82. The molecule has 1 aliphatic carbocycles. The summed E-state index contributed by atoms with van der Waals surface area (Å²) in [5.41, 5.74) is -0.853. The van der Waals surface area contributed by atoms with Gasteiger partial charge >= 0.3 is 0 Å². The van der Waals surface area contributed by atoms with E-state index in [4.69, 9.17) is 0 Å². The third kappa shape index (κ3) is 1.79. The first-order chi connectivity index (χ1) is 5.98. The molecule has 0 spiro atoms. The van der Waals surface area contributed by atoms with Crippen LogP contribution in [0.15, 0.2) is 10.8 Å². The number of halogens is 1. The minimum Gasteiger partial charge on any atom is -0.383 e. The normalized spacial score (nSPS) is 17.8. The molecule has 1 aromatic rings. The molecule has 13 heavy (non-hydrogen) atoms. The number of aromatic nitrogens is 2. The summed E-state index contributed by atoms with van der Waals surface area (Å²) >= 11 is 3.33. The second-order valence-electron chi connectivity index (χ2n) is 4.08. The van der Waals surface area contributed by atoms with Gasteiger partial charge in [-0.2, -0.15) is 0 Å². The zero-order valence-corrected chi connectivity index (χ0v) is 9.37. The Morgan fingerprint density at radius 1 is 1.62 bits per heavy atom. The minimum atomic E-state index is -0.853. The zero-order chi connectivity index (χ0) is 9.64. The van der Waals surface area contributed by atoms with E-state index in [9.17, 15) is 5.11 Å². The van der Waals surface area contributed by atoms with Crippen LogP contribution in [0.4, 0.5) is 0 Å². The second-order valence-corrected chi connectivity index (χ2v) is 4.90. The van der Waals surface area contributed by atoms with E-state index >= 15 is 0 Å². The molecule has 1 fully saturated rings. The maximum absolute atomic E-state index is 9.86. The Hall–Kier alpha value is -0.350. The molecule has 0 atom stereocenters. The van der Waals surface area contributed by atoms with Crippen molar-refractivity contribution in [1.29, 1.82) is 0 Å². The maximum atomic E-state index is 9.86. The Bertz CT molecular complexity index is 323. The monoisotopic (exact) mass is 244 g/mol. The predicted molar refractivity (Wildman–Crippen MR) is 53.4 cm³/mol. The van der Waals surface area contributed by atoms with Gasteiger partial charge in [-0.1, -0.05) is 0 Å². The lowest BCUT2D eigenvalue weighted by Gasteiger charge is -2.18. The van der Waals surface area contributed by atoms with Crippen LogP contribution < -0.4 is 0 Å². The molecule has 0 aromatic carbocycles. The van der Waals surface area contributed by atoms with Crippen LogP contribution in [0, 0.1) is 0 Å². The topological polar surface area (TPSA) is 38.1 Å². The van der Waals surface area contributed by atoms with Crippen molar-refractivity contribution in [3.05, 3.63) is 16.6 Å². The van der Waals surface area contributed by atoms with E-state index in [1.165, 1.54) is 12.8 Å². The van der Waals surface area contributed by atoms with Gasteiger partial charge in [-0.15, -0.1) is 0 Å². The lowest BCUT2D eigenvalue weighted by molar-refractivity contribution is 0.0646. The quantitative estimate of drug-likeness (QED) is 0.867. The van der Waals surface area contributed by atoms with Crippen molar-refractivity contribution in [2.45, 2.75) is 38.3 Å². The van der Waals surface area contributed by atoms with Crippen molar-refractivity contribution in [2.75, 3.05) is 0 Å². The Morgan fingerprint density at radius 2 is 2.23 bits per heavy atom. The Morgan fingerprint density at radius 3 is 2.69 bits per heavy atom. The molecule has 1 aromatic heterocycles. The highest BCUT2D eigenvalue weighted by Crippen LogP contribution is 2.38. The SMILES string of the molecule is CC(C)(O)c1nc(Br)cn1C1CC1. The Kier molecular flexibility index (Phi) is 2.00. The summed E-state index contributed by atoms with van der Waals surface area (Å²) < 4.78 is 2.88. The molecule has 72 valence electrons. The van der Waals surface area contributed by atoms with E-state index in [2.05, 4.69) is 25.5 Å². The highest BCUT2D eigenvalue weighted by molar-refractivity contribution is 9.10. The van der Waals surface area contributed by atoms with E-state index < -0.39 is 5.60 Å². The molecule has 3 nitrogen and oxygen atoms in total. The summed E-state index contributed by atoms with van der Waals surface area (Å²) in [5.74, 6) is 0.752. The van der Waals surface area contributed by atoms with Crippen LogP contribution in [-0.4, -0.2) is 14.7 Å². The third-order valence-corrected chi connectivity index (χ3v) is 2.57. The fourth-order valence-electron chi connectivity index (χ4n) is 1.45. The molecule has 1 saturated carbocycles. The van der Waals surface area contributed by atoms with Crippen LogP contribution in [0.5, 0.6) is 0 Å². The number of aliphatic hydroxyl groups is 1. The average Bonchev–Trinajstić information content (AvgIpc) is 2.73. The fourth-order valence-corrected chi connectivity index (χ4v) is 1.84. The summed E-state index contributed by atoms with van der Waals surface area (Å²) in [5, 5.41) is 9.86. The molecule has 4 heteroatoms. The van der Waals surface area contributed by atoms with Gasteiger partial charge in [0.15, 0.2) is 0 Å². The van der Waals surface area contributed by atoms with E-state index in [0.717, 1.165) is 10.4 Å². The molecule has 1 aliphatic rings. The molecular weight excluding hydrogens is 232 g/mol. The van der Waals surface area contributed by atoms with Gasteiger partial charge in [-0.05, 0) is 42.6 Å². The van der Waals surface area contributed by atoms with Crippen molar-refractivity contribution in [1.82, 2.24) is 9.55 Å². The molecule has 1 N–H and O–H groups in total. The molecule has 0 aliphatic heterocycles. The fraction of sp³-hybridized carbons (Fsp3) is 0.667. The smallest absolute Gasteiger partial charge is 0.141 e. The Balaban J connectivity index is 2.42. The van der Waals surface area contributed by atoms with Crippen molar-refractivity contribution in [3.63, 3.8) is 0 Å². The van der Waals surface area contributed by atoms with Gasteiger partial charge in [0, 0.05) is 12.2 Å². The number of imidazole rings is 1. The molecule has 2 rings (SSSR count). The maximum Gasteiger partial charge on any atom is 0.141 e. The number of hydrogen-bond acceptors (Lipinski definition) is 2. The molecule has 0 saturated heterocycles. The summed E-state index contributed by atoms with van der Waals surface area (Å²) in [6, 6.07) is 0.556. The third-order valence-electron chi connectivity index (χ3n) is 2.19. The van der Waals surface area contributed by atoms with Gasteiger partial charge in [0.25, 0.3) is 0 Å². The first kappa shape index (κ1) is 9.21. The van der Waals surface area contributed by atoms with Crippen LogP contribution in [0.1, 0.15) is 38.6 Å². The van der Waals surface area contributed by atoms with Crippen LogP contribution in [-0.2, 0) is 5.60 Å². The highest BCUT2D eigenvalue weighted by Gasteiger charge is 2.31. The first-order valence-electron chi connectivity index (χ1n) is 4.45. The molecule has 0 bridgehead atoms. The van der Waals surface area contributed by atoms with Gasteiger partial charge in [0.05, 0.1) is 0 Å². The van der Waals surface area contributed by atoms with Crippen LogP contribution in [0.25, 0.3) is 0 Å². The highest BCUT2D eigenvalue weighted by atomic mass is 79.9. The molecule has 0 amide bonds.